The summed E-state index contributed by atoms with van der Waals surface area (Å²) in [6.07, 6.45) is 4.24. The minimum atomic E-state index is -3.77. The van der Waals surface area contributed by atoms with Gasteiger partial charge in [0.05, 0.1) is 0 Å². The van der Waals surface area contributed by atoms with Crippen molar-refractivity contribution in [1.29, 1.82) is 0 Å². The van der Waals surface area contributed by atoms with Gasteiger partial charge in [-0.1, -0.05) is 74.1 Å². The third-order valence-corrected chi connectivity index (χ3v) is 4.85. The highest BCUT2D eigenvalue weighted by molar-refractivity contribution is 7.80. The number of thiocarbonyl (C=S) groups is 1. The molecular formula is C19H30NO3PS. The number of fused-ring (bicyclic) bond motifs is 1. The van der Waals surface area contributed by atoms with Crippen LogP contribution < -0.4 is 5.73 Å². The van der Waals surface area contributed by atoms with Crippen LogP contribution in [0.15, 0.2) is 48.5 Å². The summed E-state index contributed by atoms with van der Waals surface area (Å²) in [5, 5.41) is 2.62. The molecule has 6 heteroatoms. The summed E-state index contributed by atoms with van der Waals surface area (Å²) in [5.41, 5.74) is 4.50. The molecule has 0 saturated heterocycles. The Morgan fingerprint density at radius 2 is 1.40 bits per heavy atom. The van der Waals surface area contributed by atoms with Gasteiger partial charge in [0, 0.05) is 6.16 Å². The number of benzene rings is 2. The zero-order valence-corrected chi connectivity index (χ0v) is 16.8. The Morgan fingerprint density at radius 1 is 0.960 bits per heavy atom. The number of hydrogen-bond acceptors (Lipinski definition) is 3. The molecule has 0 unspecified atom stereocenters. The summed E-state index contributed by atoms with van der Waals surface area (Å²) < 4.78 is 10.5. The van der Waals surface area contributed by atoms with Crippen molar-refractivity contribution in [2.24, 2.45) is 5.73 Å². The molecule has 0 aliphatic carbocycles. The van der Waals surface area contributed by atoms with Gasteiger partial charge in [-0.05, 0) is 48.4 Å². The van der Waals surface area contributed by atoms with E-state index in [0.717, 1.165) is 30.5 Å². The lowest BCUT2D eigenvalue weighted by Gasteiger charge is -2.03. The molecule has 25 heavy (non-hydrogen) atoms. The summed E-state index contributed by atoms with van der Waals surface area (Å²) in [4.78, 5) is 18.2. The van der Waals surface area contributed by atoms with E-state index in [1.54, 1.807) is 0 Å². The first-order chi connectivity index (χ1) is 11.9. The van der Waals surface area contributed by atoms with Crippen LogP contribution in [-0.2, 0) is 4.57 Å². The van der Waals surface area contributed by atoms with Crippen molar-refractivity contribution in [3.63, 3.8) is 0 Å². The normalized spacial score (nSPS) is 10.3. The Bertz CT molecular complexity index is 592. The summed E-state index contributed by atoms with van der Waals surface area (Å²) >= 11 is 5.02. The smallest absolute Gasteiger partial charge is 0.325 e. The van der Waals surface area contributed by atoms with Crippen molar-refractivity contribution in [3.8, 4) is 0 Å². The summed E-state index contributed by atoms with van der Waals surface area (Å²) in [7, 11) is -2.27. The predicted octanol–water partition coefficient (Wildman–Crippen LogP) is 4.92. The van der Waals surface area contributed by atoms with E-state index in [9.17, 15) is 4.57 Å². The van der Waals surface area contributed by atoms with Gasteiger partial charge in [0.2, 0.25) is 0 Å². The van der Waals surface area contributed by atoms with E-state index in [-0.39, 0.29) is 6.16 Å². The molecular weight excluding hydrogens is 353 g/mol. The zero-order chi connectivity index (χ0) is 19.1. The largest absolute Gasteiger partial charge is 0.333 e. The monoisotopic (exact) mass is 383 g/mol. The van der Waals surface area contributed by atoms with Crippen LogP contribution in [0.1, 0.15) is 39.0 Å². The van der Waals surface area contributed by atoms with E-state index in [2.05, 4.69) is 54.3 Å². The van der Waals surface area contributed by atoms with Crippen LogP contribution in [0.2, 0.25) is 0 Å². The lowest BCUT2D eigenvalue weighted by Crippen LogP contribution is -1.93. The quantitative estimate of drug-likeness (QED) is 0.359. The van der Waals surface area contributed by atoms with Crippen LogP contribution in [0, 0.1) is 0 Å². The number of hydrogen-bond donors (Lipinski definition) is 3. The molecule has 0 aliphatic heterocycles. The van der Waals surface area contributed by atoms with E-state index in [1.165, 1.54) is 17.8 Å². The highest BCUT2D eigenvalue weighted by atomic mass is 32.1. The van der Waals surface area contributed by atoms with Gasteiger partial charge >= 0.3 is 7.60 Å². The van der Waals surface area contributed by atoms with Gasteiger partial charge in [0.1, 0.15) is 0 Å². The van der Waals surface area contributed by atoms with Crippen LogP contribution in [0.5, 0.6) is 0 Å². The van der Waals surface area contributed by atoms with Gasteiger partial charge in [-0.2, -0.15) is 0 Å². The second-order valence-corrected chi connectivity index (χ2v) is 7.79. The molecule has 0 aliphatic rings. The van der Waals surface area contributed by atoms with Gasteiger partial charge in [-0.15, -0.1) is 0 Å². The molecule has 0 saturated carbocycles. The second kappa shape index (κ2) is 14.1. The van der Waals surface area contributed by atoms with Crippen molar-refractivity contribution in [2.45, 2.75) is 39.0 Å². The Hall–Kier alpha value is -1.10. The summed E-state index contributed by atoms with van der Waals surface area (Å²) in [5.74, 6) is 0. The Balaban J connectivity index is 0.000000426. The first kappa shape index (κ1) is 23.9. The molecule has 0 atom stereocenters. The third kappa shape index (κ3) is 12.9. The minimum absolute atomic E-state index is 0.00584. The average molecular weight is 383 g/mol. The SMILES string of the molecule is CCC(=S)CCCCCP(=O)(O)O.CN.c1ccc2ccccc2c1. The van der Waals surface area contributed by atoms with Crippen molar-refractivity contribution in [1.82, 2.24) is 0 Å². The van der Waals surface area contributed by atoms with Crippen LogP contribution in [0.4, 0.5) is 0 Å². The highest BCUT2D eigenvalue weighted by Crippen LogP contribution is 2.35. The predicted molar refractivity (Wildman–Crippen MR) is 112 cm³/mol. The van der Waals surface area contributed by atoms with E-state index < -0.39 is 7.60 Å². The molecule has 0 radical (unpaired) electrons. The maximum atomic E-state index is 10.5. The highest BCUT2D eigenvalue weighted by Gasteiger charge is 2.10. The molecule has 0 bridgehead atoms. The third-order valence-electron chi connectivity index (χ3n) is 3.46. The molecule has 2 aromatic rings. The molecule has 0 fully saturated rings. The summed E-state index contributed by atoms with van der Waals surface area (Å²) in [6, 6.07) is 16.7. The topological polar surface area (TPSA) is 83.5 Å². The lowest BCUT2D eigenvalue weighted by molar-refractivity contribution is 0.371. The van der Waals surface area contributed by atoms with Gasteiger partial charge in [0.25, 0.3) is 0 Å². The summed E-state index contributed by atoms with van der Waals surface area (Å²) in [6.45, 7) is 2.03. The molecule has 2 aromatic carbocycles. The van der Waals surface area contributed by atoms with Gasteiger partial charge in [-0.3, -0.25) is 4.57 Å². The standard InChI is InChI=1S/C10H8.C8H17O3PS.CH5N/c1-2-6-10-8-4-3-7-9(10)5-1;1-2-8(13)6-4-3-5-7-12(9,10)11;1-2/h1-8H;2-7H2,1H3,(H2,9,10,11);2H2,1H3. The molecule has 2 rings (SSSR count). The van der Waals surface area contributed by atoms with Crippen LogP contribution in [0.25, 0.3) is 10.8 Å². The Kier molecular flexibility index (Phi) is 13.5. The molecule has 4 nitrogen and oxygen atoms in total. The molecule has 140 valence electrons. The van der Waals surface area contributed by atoms with Gasteiger partial charge < -0.3 is 15.5 Å². The Morgan fingerprint density at radius 3 is 1.76 bits per heavy atom. The Labute approximate surface area is 156 Å². The first-order valence-electron chi connectivity index (χ1n) is 8.50. The second-order valence-electron chi connectivity index (χ2n) is 5.44. The fraction of sp³-hybridized carbons (Fsp3) is 0.421. The van der Waals surface area contributed by atoms with Crippen molar-refractivity contribution in [2.75, 3.05) is 13.2 Å². The minimum Gasteiger partial charge on any atom is -0.333 e. The van der Waals surface area contributed by atoms with Crippen LogP contribution in [-0.4, -0.2) is 27.9 Å². The number of unbranched alkanes of at least 4 members (excludes halogenated alkanes) is 2. The van der Waals surface area contributed by atoms with Crippen molar-refractivity contribution in [3.05, 3.63) is 48.5 Å². The maximum absolute atomic E-state index is 10.5. The lowest BCUT2D eigenvalue weighted by atomic mass is 10.1. The average Bonchev–Trinajstić information content (AvgIpc) is 2.62. The first-order valence-corrected chi connectivity index (χ1v) is 10.7. The van der Waals surface area contributed by atoms with Crippen LogP contribution >= 0.6 is 19.8 Å². The van der Waals surface area contributed by atoms with Crippen molar-refractivity contribution < 1.29 is 14.4 Å². The number of nitrogens with two attached hydrogens (primary N) is 1. The molecule has 0 spiro atoms. The molecule has 0 amide bonds. The van der Waals surface area contributed by atoms with Gasteiger partial charge in [0.15, 0.2) is 0 Å². The zero-order valence-electron chi connectivity index (χ0n) is 15.1. The fourth-order valence-electron chi connectivity index (χ4n) is 2.13. The number of rotatable bonds is 7. The van der Waals surface area contributed by atoms with Crippen LogP contribution in [0.3, 0.4) is 0 Å². The molecule has 4 N–H and O–H groups in total. The molecule has 0 aromatic heterocycles. The van der Waals surface area contributed by atoms with Gasteiger partial charge in [-0.25, -0.2) is 0 Å². The van der Waals surface area contributed by atoms with E-state index in [1.807, 2.05) is 6.92 Å². The van der Waals surface area contributed by atoms with E-state index in [0.29, 0.717) is 6.42 Å². The fourth-order valence-corrected chi connectivity index (χ4v) is 2.91. The van der Waals surface area contributed by atoms with E-state index in [4.69, 9.17) is 22.0 Å². The maximum Gasteiger partial charge on any atom is 0.325 e. The van der Waals surface area contributed by atoms with E-state index >= 15 is 0 Å². The van der Waals surface area contributed by atoms with Crippen molar-refractivity contribution >= 4 is 35.5 Å². The molecule has 0 heterocycles.